The number of unbranched alkanes of at least 4 members (excludes halogenated alkanes) is 35. The molecule has 0 aromatic carbocycles. The van der Waals surface area contributed by atoms with Crippen molar-refractivity contribution in [3.8, 4) is 0 Å². The Morgan fingerprint density at radius 1 is 0.263 bits per heavy atom. The fraction of sp³-hybridized carbons (Fsp3) is 0.743. The van der Waals surface area contributed by atoms with Crippen molar-refractivity contribution < 1.29 is 28.6 Å². The van der Waals surface area contributed by atoms with Crippen LogP contribution in [0.2, 0.25) is 0 Å². The lowest BCUT2D eigenvalue weighted by atomic mass is 10.0. The van der Waals surface area contributed by atoms with Crippen LogP contribution in [0.4, 0.5) is 0 Å². The molecule has 6 nitrogen and oxygen atoms in total. The van der Waals surface area contributed by atoms with Crippen molar-refractivity contribution in [2.75, 3.05) is 13.2 Å². The number of hydrogen-bond acceptors (Lipinski definition) is 6. The molecule has 0 radical (unpaired) electrons. The van der Waals surface area contributed by atoms with Gasteiger partial charge in [-0.2, -0.15) is 0 Å². The van der Waals surface area contributed by atoms with Gasteiger partial charge in [0.05, 0.1) is 0 Å². The Balaban J connectivity index is 4.45. The summed E-state index contributed by atoms with van der Waals surface area (Å²) in [6.07, 6.45) is 91.3. The molecule has 0 N–H and O–H groups in total. The summed E-state index contributed by atoms with van der Waals surface area (Å²) < 4.78 is 17.0. The van der Waals surface area contributed by atoms with Crippen molar-refractivity contribution in [2.24, 2.45) is 0 Å². The van der Waals surface area contributed by atoms with E-state index in [1.165, 1.54) is 193 Å². The van der Waals surface area contributed by atoms with Gasteiger partial charge in [-0.1, -0.05) is 311 Å². The average Bonchev–Trinajstić information content (AvgIpc) is 3.46. The molecule has 0 aliphatic heterocycles. The highest BCUT2D eigenvalue weighted by Gasteiger charge is 2.19. The van der Waals surface area contributed by atoms with Crippen LogP contribution in [0, 0.1) is 0 Å². The molecule has 0 heterocycles. The molecule has 460 valence electrons. The molecule has 1 unspecified atom stereocenters. The van der Waals surface area contributed by atoms with Crippen molar-refractivity contribution >= 4 is 17.9 Å². The normalized spacial score (nSPS) is 12.7. The van der Waals surface area contributed by atoms with Gasteiger partial charge in [-0.3, -0.25) is 14.4 Å². The predicted octanol–water partition coefficient (Wildman–Crippen LogP) is 23.6. The number of allylic oxidation sites excluding steroid dienone is 16. The highest BCUT2D eigenvalue weighted by molar-refractivity contribution is 5.71. The molecule has 0 aromatic heterocycles. The molecule has 0 aromatic rings. The highest BCUT2D eigenvalue weighted by Crippen LogP contribution is 2.17. The summed E-state index contributed by atoms with van der Waals surface area (Å²) in [6.45, 7) is 6.52. The highest BCUT2D eigenvalue weighted by atomic mass is 16.6. The predicted molar refractivity (Wildman–Crippen MR) is 348 cm³/mol. The minimum atomic E-state index is -0.800. The van der Waals surface area contributed by atoms with Gasteiger partial charge < -0.3 is 14.2 Å². The molecule has 0 saturated heterocycles. The number of carbonyl (C=O) groups is 3. The van der Waals surface area contributed by atoms with Crippen molar-refractivity contribution in [3.63, 3.8) is 0 Å². The van der Waals surface area contributed by atoms with Gasteiger partial charge in [0.2, 0.25) is 0 Å². The van der Waals surface area contributed by atoms with E-state index in [0.717, 1.165) is 103 Å². The Labute approximate surface area is 496 Å². The zero-order valence-electron chi connectivity index (χ0n) is 52.8. The Kier molecular flexibility index (Phi) is 64.7. The first-order chi connectivity index (χ1) is 39.5. The van der Waals surface area contributed by atoms with E-state index in [-0.39, 0.29) is 31.1 Å². The number of carbonyl (C=O) groups excluding carboxylic acids is 3. The van der Waals surface area contributed by atoms with Crippen LogP contribution in [0.1, 0.15) is 335 Å². The lowest BCUT2D eigenvalue weighted by Crippen LogP contribution is -2.30. The van der Waals surface area contributed by atoms with Gasteiger partial charge >= 0.3 is 17.9 Å². The van der Waals surface area contributed by atoms with Crippen LogP contribution < -0.4 is 0 Å². The number of esters is 3. The Morgan fingerprint density at radius 3 is 0.787 bits per heavy atom. The van der Waals surface area contributed by atoms with Gasteiger partial charge in [-0.25, -0.2) is 0 Å². The van der Waals surface area contributed by atoms with E-state index in [2.05, 4.69) is 118 Å². The second-order valence-electron chi connectivity index (χ2n) is 22.7. The van der Waals surface area contributed by atoms with Crippen LogP contribution in [-0.2, 0) is 28.6 Å². The lowest BCUT2D eigenvalue weighted by molar-refractivity contribution is -0.167. The Hall–Kier alpha value is -3.67. The molecule has 0 amide bonds. The van der Waals surface area contributed by atoms with E-state index in [4.69, 9.17) is 14.2 Å². The fourth-order valence-electron chi connectivity index (χ4n) is 9.71. The topological polar surface area (TPSA) is 78.9 Å². The molecule has 1 atom stereocenters. The van der Waals surface area contributed by atoms with E-state index in [1.54, 1.807) is 0 Å². The molecule has 0 aliphatic rings. The maximum atomic E-state index is 13.0. The minimum absolute atomic E-state index is 0.0906. The average molecular weight is 1110 g/mol. The van der Waals surface area contributed by atoms with Gasteiger partial charge in [-0.15, -0.1) is 0 Å². The van der Waals surface area contributed by atoms with Crippen molar-refractivity contribution in [1.82, 2.24) is 0 Å². The minimum Gasteiger partial charge on any atom is -0.462 e. The molecule has 80 heavy (non-hydrogen) atoms. The number of ether oxygens (including phenoxy) is 3. The van der Waals surface area contributed by atoms with E-state index in [0.29, 0.717) is 19.3 Å². The molecular formula is C74H128O6. The smallest absolute Gasteiger partial charge is 0.306 e. The number of hydrogen-bond donors (Lipinski definition) is 0. The zero-order valence-corrected chi connectivity index (χ0v) is 52.8. The van der Waals surface area contributed by atoms with Crippen molar-refractivity contribution in [3.05, 3.63) is 97.2 Å². The second-order valence-corrected chi connectivity index (χ2v) is 22.7. The van der Waals surface area contributed by atoms with Gasteiger partial charge in [0, 0.05) is 19.3 Å². The molecule has 0 rings (SSSR count). The van der Waals surface area contributed by atoms with Crippen LogP contribution in [-0.4, -0.2) is 37.2 Å². The largest absolute Gasteiger partial charge is 0.462 e. The molecule has 0 saturated carbocycles. The molecule has 6 heteroatoms. The van der Waals surface area contributed by atoms with E-state index >= 15 is 0 Å². The molecule has 0 spiro atoms. The van der Waals surface area contributed by atoms with Crippen LogP contribution in [0.5, 0.6) is 0 Å². The second kappa shape index (κ2) is 67.8. The third kappa shape index (κ3) is 65.1. The van der Waals surface area contributed by atoms with E-state index in [9.17, 15) is 14.4 Å². The Morgan fingerprint density at radius 2 is 0.487 bits per heavy atom. The molecule has 0 aliphatic carbocycles. The fourth-order valence-corrected chi connectivity index (χ4v) is 9.71. The SMILES string of the molecule is CC/C=C\C/C=C\C/C=C\C/C=C\C/C=C\C/C=C\CCCCC(=O)OCC(COC(=O)CCCCCCCCCCCCCCCCCCCCCC)OC(=O)CCCCCCCCCCC/C=C\C/C=C\CCCCCCC. The van der Waals surface area contributed by atoms with Gasteiger partial charge in [0.25, 0.3) is 0 Å². The quantitative estimate of drug-likeness (QED) is 0.0261. The summed E-state index contributed by atoms with van der Waals surface area (Å²) in [4.78, 5) is 38.4. The first-order valence-electron chi connectivity index (χ1n) is 34.2. The lowest BCUT2D eigenvalue weighted by Gasteiger charge is -2.18. The van der Waals surface area contributed by atoms with Crippen LogP contribution >= 0.6 is 0 Å². The summed E-state index contributed by atoms with van der Waals surface area (Å²) >= 11 is 0. The maximum Gasteiger partial charge on any atom is 0.306 e. The van der Waals surface area contributed by atoms with Crippen molar-refractivity contribution in [2.45, 2.75) is 341 Å². The van der Waals surface area contributed by atoms with Gasteiger partial charge in [0.15, 0.2) is 6.10 Å². The van der Waals surface area contributed by atoms with Crippen LogP contribution in [0.3, 0.4) is 0 Å². The molecular weight excluding hydrogens is 985 g/mol. The third-order valence-corrected chi connectivity index (χ3v) is 14.8. The monoisotopic (exact) mass is 1110 g/mol. The van der Waals surface area contributed by atoms with Crippen LogP contribution in [0.25, 0.3) is 0 Å². The van der Waals surface area contributed by atoms with E-state index in [1.807, 2.05) is 0 Å². The van der Waals surface area contributed by atoms with E-state index < -0.39 is 6.10 Å². The first kappa shape index (κ1) is 76.3. The summed E-state index contributed by atoms with van der Waals surface area (Å²) in [6, 6.07) is 0. The summed E-state index contributed by atoms with van der Waals surface area (Å²) in [5.74, 6) is -0.924. The molecule has 0 fully saturated rings. The maximum absolute atomic E-state index is 13.0. The van der Waals surface area contributed by atoms with Gasteiger partial charge in [0.1, 0.15) is 13.2 Å². The van der Waals surface area contributed by atoms with Gasteiger partial charge in [-0.05, 0) is 103 Å². The summed E-state index contributed by atoms with van der Waals surface area (Å²) in [5, 5.41) is 0. The first-order valence-corrected chi connectivity index (χ1v) is 34.2. The zero-order chi connectivity index (χ0) is 57.8. The third-order valence-electron chi connectivity index (χ3n) is 14.8. The van der Waals surface area contributed by atoms with Crippen LogP contribution in [0.15, 0.2) is 97.2 Å². The van der Waals surface area contributed by atoms with Crippen molar-refractivity contribution in [1.29, 1.82) is 0 Å². The standard InChI is InChI=1S/C74H128O6/c1-4-7-10-13-16-19-22-25-28-31-34-37-40-43-46-49-52-55-58-61-64-67-73(76)79-70-71(69-78-72(75)66-63-60-57-54-51-48-45-42-39-36-33-30-27-24-21-18-15-12-9-6-3)80-74(77)68-65-62-59-56-53-50-47-44-41-38-35-32-29-26-23-20-17-14-11-8-5-2/h7,10,16,19,23,25-26,28,32,34-35,37,43,46,52,55,71H,4-6,8-9,11-15,17-18,20-22,24,27,29-31,33,36,38-42,44-45,47-51,53-54,56-70H2,1-3H3/b10-7-,19-16-,26-23-,28-25-,35-32-,37-34-,46-43-,55-52-. The Bertz CT molecular complexity index is 1560. The summed E-state index contributed by atoms with van der Waals surface area (Å²) in [7, 11) is 0. The summed E-state index contributed by atoms with van der Waals surface area (Å²) in [5.41, 5.74) is 0. The number of rotatable bonds is 62. The molecule has 0 bridgehead atoms.